The van der Waals surface area contributed by atoms with Gasteiger partial charge in [0.05, 0.1) is 0 Å². The summed E-state index contributed by atoms with van der Waals surface area (Å²) in [4.78, 5) is 25.9. The molecule has 2 N–H and O–H groups in total. The maximum Gasteiger partial charge on any atom is 0.220 e. The summed E-state index contributed by atoms with van der Waals surface area (Å²) in [7, 11) is 0. The van der Waals surface area contributed by atoms with Crippen molar-refractivity contribution in [3.8, 4) is 0 Å². The Hall–Kier alpha value is -2.27. The van der Waals surface area contributed by atoms with Crippen molar-refractivity contribution in [1.82, 2.24) is 10.6 Å². The molecule has 1 aliphatic heterocycles. The first kappa shape index (κ1) is 20.0. The lowest BCUT2D eigenvalue weighted by Crippen LogP contribution is -2.45. The Morgan fingerprint density at radius 1 is 1.14 bits per heavy atom. The Morgan fingerprint density at radius 3 is 2.41 bits per heavy atom. The van der Waals surface area contributed by atoms with Crippen LogP contribution in [-0.2, 0) is 28.9 Å². The molecule has 1 aliphatic carbocycles. The first-order chi connectivity index (χ1) is 14.0. The molecule has 0 aromatic heterocycles. The molecule has 152 valence electrons. The predicted molar refractivity (Wildman–Crippen MR) is 117 cm³/mol. The van der Waals surface area contributed by atoms with E-state index in [0.29, 0.717) is 19.3 Å². The number of nitrogens with one attached hydrogen (secondary N) is 2. The monoisotopic (exact) mass is 408 g/mol. The molecule has 1 atom stereocenters. The number of thioether (sulfide) groups is 1. The van der Waals surface area contributed by atoms with Crippen molar-refractivity contribution in [2.45, 2.75) is 61.4 Å². The molecule has 2 aromatic carbocycles. The number of carbonyl (C=O) groups excluding carboxylic acids is 2. The molecule has 2 aromatic rings. The zero-order valence-electron chi connectivity index (χ0n) is 16.9. The Morgan fingerprint density at radius 2 is 1.83 bits per heavy atom. The molecule has 0 unspecified atom stereocenters. The predicted octanol–water partition coefficient (Wildman–Crippen LogP) is 3.66. The van der Waals surface area contributed by atoms with Crippen molar-refractivity contribution in [3.05, 3.63) is 65.2 Å². The van der Waals surface area contributed by atoms with Crippen molar-refractivity contribution in [2.75, 3.05) is 6.26 Å². The second-order valence-corrected chi connectivity index (χ2v) is 9.17. The van der Waals surface area contributed by atoms with Crippen LogP contribution >= 0.6 is 11.8 Å². The van der Waals surface area contributed by atoms with Crippen LogP contribution in [0.1, 0.15) is 42.4 Å². The van der Waals surface area contributed by atoms with E-state index in [4.69, 9.17) is 0 Å². The Bertz CT molecular complexity index is 871. The summed E-state index contributed by atoms with van der Waals surface area (Å²) in [6.07, 6.45) is 7.10. The van der Waals surface area contributed by atoms with Crippen LogP contribution in [0.25, 0.3) is 0 Å². The minimum absolute atomic E-state index is 0.0843. The fourth-order valence-electron chi connectivity index (χ4n) is 4.63. The Labute approximate surface area is 176 Å². The fraction of sp³-hybridized carbons (Fsp3) is 0.417. The van der Waals surface area contributed by atoms with Gasteiger partial charge in [-0.15, -0.1) is 11.8 Å². The van der Waals surface area contributed by atoms with Crippen LogP contribution in [0.2, 0.25) is 0 Å². The average Bonchev–Trinajstić information content (AvgIpc) is 3.30. The zero-order valence-corrected chi connectivity index (χ0v) is 17.7. The van der Waals surface area contributed by atoms with Gasteiger partial charge in [0.1, 0.15) is 0 Å². The maximum absolute atomic E-state index is 12.6. The van der Waals surface area contributed by atoms with Crippen LogP contribution in [0.5, 0.6) is 0 Å². The zero-order chi connectivity index (χ0) is 20.3. The number of benzene rings is 2. The molecular weight excluding hydrogens is 380 g/mol. The van der Waals surface area contributed by atoms with Gasteiger partial charge < -0.3 is 10.6 Å². The third kappa shape index (κ3) is 4.84. The lowest BCUT2D eigenvalue weighted by atomic mass is 9.85. The highest BCUT2D eigenvalue weighted by Gasteiger charge is 2.38. The van der Waals surface area contributed by atoms with Crippen LogP contribution in [0, 0.1) is 0 Å². The molecule has 2 amide bonds. The van der Waals surface area contributed by atoms with Crippen molar-refractivity contribution < 1.29 is 9.59 Å². The van der Waals surface area contributed by atoms with Gasteiger partial charge in [0.2, 0.25) is 11.8 Å². The summed E-state index contributed by atoms with van der Waals surface area (Å²) < 4.78 is 0. The molecular formula is C24H28N2O2S. The number of fused-ring (bicyclic) bond motifs is 1. The van der Waals surface area contributed by atoms with Crippen molar-refractivity contribution >= 4 is 23.6 Å². The van der Waals surface area contributed by atoms with Gasteiger partial charge in [0, 0.05) is 29.3 Å². The summed E-state index contributed by atoms with van der Waals surface area (Å²) in [5, 5.41) is 6.39. The normalized spacial score (nSPS) is 21.1. The van der Waals surface area contributed by atoms with E-state index in [1.807, 2.05) is 0 Å². The molecule has 5 heteroatoms. The van der Waals surface area contributed by atoms with E-state index in [-0.39, 0.29) is 23.4 Å². The van der Waals surface area contributed by atoms with Crippen molar-refractivity contribution in [3.63, 3.8) is 0 Å². The van der Waals surface area contributed by atoms with Gasteiger partial charge in [0.25, 0.3) is 0 Å². The lowest BCUT2D eigenvalue weighted by molar-refractivity contribution is -0.123. The SMILES string of the molecule is CSc1ccc(C[C@]2(CCC(=O)NC3Cc4ccccc4C3)CCC(=O)N2)cc1. The minimum atomic E-state index is -0.312. The molecule has 29 heavy (non-hydrogen) atoms. The molecule has 4 rings (SSSR count). The number of hydrogen-bond donors (Lipinski definition) is 2. The molecule has 1 saturated heterocycles. The highest BCUT2D eigenvalue weighted by atomic mass is 32.2. The molecule has 4 nitrogen and oxygen atoms in total. The van der Waals surface area contributed by atoms with Crippen LogP contribution in [0.3, 0.4) is 0 Å². The van der Waals surface area contributed by atoms with Gasteiger partial charge in [-0.1, -0.05) is 36.4 Å². The number of amides is 2. The highest BCUT2D eigenvalue weighted by Crippen LogP contribution is 2.30. The molecule has 1 heterocycles. The maximum atomic E-state index is 12.6. The van der Waals surface area contributed by atoms with Gasteiger partial charge in [-0.3, -0.25) is 9.59 Å². The third-order valence-corrected chi connectivity index (χ3v) is 6.93. The van der Waals surface area contributed by atoms with E-state index >= 15 is 0 Å². The summed E-state index contributed by atoms with van der Waals surface area (Å²) >= 11 is 1.72. The second kappa shape index (κ2) is 8.62. The molecule has 0 saturated carbocycles. The standard InChI is InChI=1S/C24H28N2O2S/c1-29-21-8-6-17(7-9-21)16-24(13-11-23(28)26-24)12-10-22(27)25-20-14-18-4-2-3-5-19(18)15-20/h2-9,20H,10-16H2,1H3,(H,25,27)(H,26,28)/t24-/m0/s1. The van der Waals surface area contributed by atoms with Gasteiger partial charge in [-0.25, -0.2) is 0 Å². The van der Waals surface area contributed by atoms with Gasteiger partial charge >= 0.3 is 0 Å². The summed E-state index contributed by atoms with van der Waals surface area (Å²) in [5.41, 5.74) is 3.57. The topological polar surface area (TPSA) is 58.2 Å². The highest BCUT2D eigenvalue weighted by molar-refractivity contribution is 7.98. The van der Waals surface area contributed by atoms with Crippen molar-refractivity contribution in [1.29, 1.82) is 0 Å². The second-order valence-electron chi connectivity index (χ2n) is 8.29. The molecule has 0 bridgehead atoms. The number of hydrogen-bond acceptors (Lipinski definition) is 3. The Kier molecular flexibility index (Phi) is 5.95. The van der Waals surface area contributed by atoms with E-state index in [0.717, 1.165) is 25.7 Å². The quantitative estimate of drug-likeness (QED) is 0.688. The van der Waals surface area contributed by atoms with E-state index in [1.165, 1.54) is 21.6 Å². The van der Waals surface area contributed by atoms with Crippen LogP contribution in [0.15, 0.2) is 53.4 Å². The smallest absolute Gasteiger partial charge is 0.220 e. The average molecular weight is 409 g/mol. The number of carbonyl (C=O) groups is 2. The van der Waals surface area contributed by atoms with Crippen LogP contribution in [0.4, 0.5) is 0 Å². The first-order valence-electron chi connectivity index (χ1n) is 10.4. The summed E-state index contributed by atoms with van der Waals surface area (Å²) in [6, 6.07) is 17.1. The molecule has 1 fully saturated rings. The fourth-order valence-corrected chi connectivity index (χ4v) is 5.04. The third-order valence-electron chi connectivity index (χ3n) is 6.18. The lowest BCUT2D eigenvalue weighted by Gasteiger charge is -2.29. The first-order valence-corrected chi connectivity index (χ1v) is 11.6. The summed E-state index contributed by atoms with van der Waals surface area (Å²) in [6.45, 7) is 0. The Balaban J connectivity index is 1.34. The van der Waals surface area contributed by atoms with E-state index in [2.05, 4.69) is 65.4 Å². The molecule has 0 radical (unpaired) electrons. The van der Waals surface area contributed by atoms with E-state index in [1.54, 1.807) is 11.8 Å². The minimum Gasteiger partial charge on any atom is -0.353 e. The van der Waals surface area contributed by atoms with Crippen LogP contribution in [-0.4, -0.2) is 29.7 Å². The van der Waals surface area contributed by atoms with Crippen LogP contribution < -0.4 is 10.6 Å². The number of rotatable bonds is 7. The molecule has 0 spiro atoms. The van der Waals surface area contributed by atoms with Gasteiger partial charge in [0.15, 0.2) is 0 Å². The van der Waals surface area contributed by atoms with E-state index < -0.39 is 0 Å². The van der Waals surface area contributed by atoms with Crippen molar-refractivity contribution in [2.24, 2.45) is 0 Å². The van der Waals surface area contributed by atoms with Gasteiger partial charge in [-0.05, 0) is 67.2 Å². The largest absolute Gasteiger partial charge is 0.353 e. The summed E-state index contributed by atoms with van der Waals surface area (Å²) in [5.74, 6) is 0.179. The molecule has 2 aliphatic rings. The van der Waals surface area contributed by atoms with E-state index in [9.17, 15) is 9.59 Å². The van der Waals surface area contributed by atoms with Gasteiger partial charge in [-0.2, -0.15) is 0 Å².